The first-order valence-electron chi connectivity index (χ1n) is 7.84. The summed E-state index contributed by atoms with van der Waals surface area (Å²) >= 11 is 0. The van der Waals surface area contributed by atoms with Gasteiger partial charge in [0.2, 0.25) is 0 Å². The number of likely N-dealkylation sites (tertiary alicyclic amines) is 1. The van der Waals surface area contributed by atoms with E-state index >= 15 is 0 Å². The van der Waals surface area contributed by atoms with Crippen LogP contribution in [-0.4, -0.2) is 36.1 Å². The number of hydrogen-bond acceptors (Lipinski definition) is 2. The molecule has 1 aromatic carbocycles. The van der Waals surface area contributed by atoms with Crippen molar-refractivity contribution in [2.45, 2.75) is 25.7 Å². The average molecular weight is 271 g/mol. The quantitative estimate of drug-likeness (QED) is 0.878. The predicted octanol–water partition coefficient (Wildman–Crippen LogP) is 2.77. The van der Waals surface area contributed by atoms with Crippen molar-refractivity contribution in [1.29, 1.82) is 0 Å². The van der Waals surface area contributed by atoms with Crippen molar-refractivity contribution in [2.75, 3.05) is 26.2 Å². The molecular weight excluding hydrogens is 246 g/mol. The number of piperidine rings is 1. The summed E-state index contributed by atoms with van der Waals surface area (Å²) in [5, 5.41) is 1.38. The Morgan fingerprint density at radius 1 is 1.20 bits per heavy atom. The Balaban J connectivity index is 1.48. The zero-order valence-electron chi connectivity index (χ0n) is 12.1. The summed E-state index contributed by atoms with van der Waals surface area (Å²) in [5.74, 6) is 0.764. The van der Waals surface area contributed by atoms with Crippen LogP contribution >= 0.6 is 0 Å². The Bertz CT molecular complexity index is 538. The highest BCUT2D eigenvalue weighted by atomic mass is 15.1. The molecule has 0 aliphatic carbocycles. The maximum absolute atomic E-state index is 5.74. The van der Waals surface area contributed by atoms with E-state index in [-0.39, 0.29) is 0 Å². The fraction of sp³-hybridized carbons (Fsp3) is 0.529. The Kier molecular flexibility index (Phi) is 4.38. The summed E-state index contributed by atoms with van der Waals surface area (Å²) in [5.41, 5.74) is 8.46. The van der Waals surface area contributed by atoms with Crippen LogP contribution in [-0.2, 0) is 6.42 Å². The van der Waals surface area contributed by atoms with Gasteiger partial charge in [0.25, 0.3) is 0 Å². The maximum Gasteiger partial charge on any atom is 0.0456 e. The molecule has 0 radical (unpaired) electrons. The number of aromatic amines is 1. The maximum atomic E-state index is 5.74. The van der Waals surface area contributed by atoms with Crippen molar-refractivity contribution in [2.24, 2.45) is 11.7 Å². The van der Waals surface area contributed by atoms with E-state index in [9.17, 15) is 0 Å². The predicted molar refractivity (Wildman–Crippen MR) is 84.8 cm³/mol. The first-order valence-corrected chi connectivity index (χ1v) is 7.84. The molecule has 0 unspecified atom stereocenters. The number of hydrogen-bond donors (Lipinski definition) is 2. The van der Waals surface area contributed by atoms with Gasteiger partial charge in [0, 0.05) is 17.1 Å². The number of nitrogens with two attached hydrogens (primary N) is 1. The second kappa shape index (κ2) is 6.42. The summed E-state index contributed by atoms with van der Waals surface area (Å²) in [4.78, 5) is 5.96. The van der Waals surface area contributed by atoms with Crippen molar-refractivity contribution >= 4 is 10.9 Å². The summed E-state index contributed by atoms with van der Waals surface area (Å²) in [7, 11) is 0. The minimum Gasteiger partial charge on any atom is -0.361 e. The molecule has 2 heterocycles. The van der Waals surface area contributed by atoms with Gasteiger partial charge in [0.1, 0.15) is 0 Å². The van der Waals surface area contributed by atoms with Crippen molar-refractivity contribution in [1.82, 2.24) is 9.88 Å². The van der Waals surface area contributed by atoms with Crippen LogP contribution in [0.25, 0.3) is 10.9 Å². The fourth-order valence-corrected chi connectivity index (χ4v) is 3.28. The molecular formula is C17H25N3. The van der Waals surface area contributed by atoms with Crippen LogP contribution in [0, 0.1) is 5.92 Å². The second-order valence-corrected chi connectivity index (χ2v) is 5.98. The number of aromatic nitrogens is 1. The van der Waals surface area contributed by atoms with Gasteiger partial charge in [-0.15, -0.1) is 0 Å². The molecule has 0 spiro atoms. The Morgan fingerprint density at radius 2 is 2.00 bits per heavy atom. The first kappa shape index (κ1) is 13.7. The lowest BCUT2D eigenvalue weighted by molar-refractivity contribution is 0.186. The number of rotatable bonds is 5. The van der Waals surface area contributed by atoms with Gasteiger partial charge in [-0.05, 0) is 69.4 Å². The van der Waals surface area contributed by atoms with Crippen molar-refractivity contribution in [3.8, 4) is 0 Å². The molecule has 108 valence electrons. The molecule has 1 fully saturated rings. The lowest BCUT2D eigenvalue weighted by atomic mass is 9.97. The molecule has 1 aliphatic heterocycles. The molecule has 3 heteroatoms. The minimum absolute atomic E-state index is 0.764. The van der Waals surface area contributed by atoms with Crippen LogP contribution in [0.5, 0.6) is 0 Å². The molecule has 1 aliphatic rings. The van der Waals surface area contributed by atoms with Crippen molar-refractivity contribution < 1.29 is 0 Å². The van der Waals surface area contributed by atoms with Gasteiger partial charge >= 0.3 is 0 Å². The molecule has 20 heavy (non-hydrogen) atoms. The van der Waals surface area contributed by atoms with E-state index in [1.807, 2.05) is 0 Å². The number of aryl methyl sites for hydroxylation is 1. The molecule has 1 saturated heterocycles. The molecule has 3 N–H and O–H groups in total. The highest BCUT2D eigenvalue weighted by Gasteiger charge is 2.17. The minimum atomic E-state index is 0.764. The number of nitrogens with zero attached hydrogens (tertiary/aromatic N) is 1. The van der Waals surface area contributed by atoms with E-state index in [0.29, 0.717) is 0 Å². The standard InChI is InChI=1S/C17H25N3/c18-12-14-7-10-20(11-8-14)9-3-4-15-13-19-17-6-2-1-5-16(15)17/h1-2,5-6,13-14,19H,3-4,7-12,18H2. The van der Waals surface area contributed by atoms with E-state index in [1.54, 1.807) is 0 Å². The molecule has 3 nitrogen and oxygen atoms in total. The first-order chi connectivity index (χ1) is 9.86. The van der Waals surface area contributed by atoms with E-state index < -0.39 is 0 Å². The van der Waals surface area contributed by atoms with Crippen molar-refractivity contribution in [3.63, 3.8) is 0 Å². The molecule has 0 atom stereocenters. The molecule has 0 amide bonds. The largest absolute Gasteiger partial charge is 0.361 e. The number of fused-ring (bicyclic) bond motifs is 1. The Hall–Kier alpha value is -1.32. The number of para-hydroxylation sites is 1. The summed E-state index contributed by atoms with van der Waals surface area (Å²) < 4.78 is 0. The number of benzene rings is 1. The number of H-pyrrole nitrogens is 1. The van der Waals surface area contributed by atoms with Crippen LogP contribution in [0.3, 0.4) is 0 Å². The summed E-state index contributed by atoms with van der Waals surface area (Å²) in [6, 6.07) is 8.58. The smallest absolute Gasteiger partial charge is 0.0456 e. The van der Waals surface area contributed by atoms with Gasteiger partial charge < -0.3 is 15.6 Å². The molecule has 0 saturated carbocycles. The normalized spacial score (nSPS) is 17.9. The topological polar surface area (TPSA) is 45.0 Å². The van der Waals surface area contributed by atoms with Gasteiger partial charge in [0.15, 0.2) is 0 Å². The van der Waals surface area contributed by atoms with Crippen LogP contribution < -0.4 is 5.73 Å². The van der Waals surface area contributed by atoms with Crippen LogP contribution in [0.2, 0.25) is 0 Å². The Morgan fingerprint density at radius 3 is 2.80 bits per heavy atom. The highest BCUT2D eigenvalue weighted by Crippen LogP contribution is 2.20. The third kappa shape index (κ3) is 3.05. The lowest BCUT2D eigenvalue weighted by Crippen LogP contribution is -2.36. The van der Waals surface area contributed by atoms with Gasteiger partial charge in [0.05, 0.1) is 0 Å². The average Bonchev–Trinajstić information content (AvgIpc) is 2.92. The molecule has 1 aromatic heterocycles. The van der Waals surface area contributed by atoms with Crippen LogP contribution in [0.1, 0.15) is 24.8 Å². The number of nitrogens with one attached hydrogen (secondary N) is 1. The van der Waals surface area contributed by atoms with E-state index in [4.69, 9.17) is 5.73 Å². The van der Waals surface area contributed by atoms with Gasteiger partial charge in [-0.1, -0.05) is 18.2 Å². The summed E-state index contributed by atoms with van der Waals surface area (Å²) in [6.45, 7) is 4.55. The highest BCUT2D eigenvalue weighted by molar-refractivity contribution is 5.82. The summed E-state index contributed by atoms with van der Waals surface area (Å²) in [6.07, 6.45) is 7.15. The van der Waals surface area contributed by atoms with Gasteiger partial charge in [-0.25, -0.2) is 0 Å². The third-order valence-electron chi connectivity index (χ3n) is 4.64. The lowest BCUT2D eigenvalue weighted by Gasteiger charge is -2.31. The monoisotopic (exact) mass is 271 g/mol. The van der Waals surface area contributed by atoms with Gasteiger partial charge in [-0.3, -0.25) is 0 Å². The van der Waals surface area contributed by atoms with Crippen molar-refractivity contribution in [3.05, 3.63) is 36.0 Å². The molecule has 2 aromatic rings. The zero-order valence-corrected chi connectivity index (χ0v) is 12.1. The molecule has 0 bridgehead atoms. The third-order valence-corrected chi connectivity index (χ3v) is 4.64. The van der Waals surface area contributed by atoms with Crippen LogP contribution in [0.4, 0.5) is 0 Å². The fourth-order valence-electron chi connectivity index (χ4n) is 3.28. The SMILES string of the molecule is NCC1CCN(CCCc2c[nH]c3ccccc23)CC1. The zero-order chi connectivity index (χ0) is 13.8. The Labute approximate surface area is 121 Å². The second-order valence-electron chi connectivity index (χ2n) is 5.98. The van der Waals surface area contributed by atoms with Gasteiger partial charge in [-0.2, -0.15) is 0 Å². The van der Waals surface area contributed by atoms with E-state index in [1.165, 1.54) is 61.8 Å². The molecule has 3 rings (SSSR count). The van der Waals surface area contributed by atoms with E-state index in [2.05, 4.69) is 40.3 Å². The van der Waals surface area contributed by atoms with E-state index in [0.717, 1.165) is 12.5 Å². The van der Waals surface area contributed by atoms with Crippen LogP contribution in [0.15, 0.2) is 30.5 Å².